The summed E-state index contributed by atoms with van der Waals surface area (Å²) in [5.41, 5.74) is 0.851. The largest absolute Gasteiger partial charge is 0.354 e. The summed E-state index contributed by atoms with van der Waals surface area (Å²) >= 11 is 0. The molecule has 0 unspecified atom stereocenters. The molecule has 148 valence electrons. The van der Waals surface area contributed by atoms with Crippen LogP contribution in [-0.2, 0) is 20.1 Å². The second kappa shape index (κ2) is 10.6. The molecule has 0 amide bonds. The minimum absolute atomic E-state index is 0. The second-order valence-electron chi connectivity index (χ2n) is 6.85. The van der Waals surface area contributed by atoms with Gasteiger partial charge in [0.1, 0.15) is 11.6 Å². The third-order valence-electron chi connectivity index (χ3n) is 4.85. The summed E-state index contributed by atoms with van der Waals surface area (Å²) < 4.78 is 15.3. The average molecular weight is 486 g/mol. The van der Waals surface area contributed by atoms with Crippen LogP contribution < -0.4 is 10.6 Å². The first kappa shape index (κ1) is 21.6. The lowest BCUT2D eigenvalue weighted by molar-refractivity contribution is 0.409. The zero-order chi connectivity index (χ0) is 18.4. The third-order valence-corrected chi connectivity index (χ3v) is 4.85. The van der Waals surface area contributed by atoms with E-state index in [1.54, 1.807) is 6.07 Å². The number of hydrogen-bond acceptors (Lipinski definition) is 3. The Morgan fingerprint density at radius 2 is 2.04 bits per heavy atom. The van der Waals surface area contributed by atoms with Crippen molar-refractivity contribution < 1.29 is 4.39 Å². The summed E-state index contributed by atoms with van der Waals surface area (Å²) in [6, 6.07) is 7.00. The van der Waals surface area contributed by atoms with E-state index in [1.165, 1.54) is 31.4 Å². The van der Waals surface area contributed by atoms with Crippen LogP contribution in [0.15, 0.2) is 29.3 Å². The Hall–Kier alpha value is -1.71. The number of nitrogens with zero attached hydrogens (tertiary/aromatic N) is 4. The Balaban J connectivity index is 0.00000261. The van der Waals surface area contributed by atoms with E-state index in [9.17, 15) is 4.39 Å². The van der Waals surface area contributed by atoms with E-state index in [0.717, 1.165) is 36.0 Å². The Morgan fingerprint density at radius 1 is 1.26 bits per heavy atom. The number of aliphatic imine (C=N–C) groups is 1. The van der Waals surface area contributed by atoms with Crippen molar-refractivity contribution in [1.29, 1.82) is 0 Å². The molecule has 1 aromatic heterocycles. The van der Waals surface area contributed by atoms with Crippen LogP contribution in [0, 0.1) is 12.7 Å². The predicted octanol–water partition coefficient (Wildman–Crippen LogP) is 3.45. The van der Waals surface area contributed by atoms with E-state index >= 15 is 0 Å². The van der Waals surface area contributed by atoms with Crippen LogP contribution in [0.4, 0.5) is 4.39 Å². The van der Waals surface area contributed by atoms with Gasteiger partial charge in [-0.2, -0.15) is 0 Å². The highest BCUT2D eigenvalue weighted by Gasteiger charge is 2.15. The van der Waals surface area contributed by atoms with Gasteiger partial charge in [-0.05, 0) is 37.5 Å². The van der Waals surface area contributed by atoms with E-state index in [0.29, 0.717) is 19.1 Å². The summed E-state index contributed by atoms with van der Waals surface area (Å²) in [4.78, 5) is 4.65. The molecular formula is C19H28FIN6. The topological polar surface area (TPSA) is 67.1 Å². The monoisotopic (exact) mass is 486 g/mol. The first-order chi connectivity index (χ1) is 12.6. The lowest BCUT2D eigenvalue weighted by Crippen LogP contribution is -2.44. The van der Waals surface area contributed by atoms with Gasteiger partial charge in [-0.1, -0.05) is 31.4 Å². The first-order valence-electron chi connectivity index (χ1n) is 9.26. The lowest BCUT2D eigenvalue weighted by atomic mass is 9.96. The van der Waals surface area contributed by atoms with Crippen LogP contribution in [-0.4, -0.2) is 26.8 Å². The molecule has 27 heavy (non-hydrogen) atoms. The fourth-order valence-electron chi connectivity index (χ4n) is 3.17. The molecule has 0 spiro atoms. The van der Waals surface area contributed by atoms with Crippen molar-refractivity contribution in [3.05, 3.63) is 47.3 Å². The molecule has 0 radical (unpaired) electrons. The van der Waals surface area contributed by atoms with E-state index in [-0.39, 0.29) is 29.8 Å². The highest BCUT2D eigenvalue weighted by Crippen LogP contribution is 2.17. The average Bonchev–Trinajstić information content (AvgIpc) is 2.97. The Kier molecular flexibility index (Phi) is 8.46. The molecule has 0 atom stereocenters. The minimum atomic E-state index is -0.234. The number of aryl methyl sites for hydroxylation is 1. The van der Waals surface area contributed by atoms with Crippen LogP contribution in [0.3, 0.4) is 0 Å². The molecule has 3 rings (SSSR count). The van der Waals surface area contributed by atoms with Crippen LogP contribution in [0.5, 0.6) is 0 Å². The maximum atomic E-state index is 13.4. The number of nitrogens with one attached hydrogen (secondary N) is 2. The SMILES string of the molecule is Cc1nnc(CNC(=NCc2cccc(F)c2)NC2CCCCC2)n1C.I. The Labute approximate surface area is 177 Å². The Bertz CT molecular complexity index is 754. The molecule has 2 N–H and O–H groups in total. The highest BCUT2D eigenvalue weighted by molar-refractivity contribution is 14.0. The molecule has 1 aliphatic carbocycles. The number of guanidine groups is 1. The number of halogens is 2. The number of aromatic nitrogens is 3. The lowest BCUT2D eigenvalue weighted by Gasteiger charge is -2.25. The van der Waals surface area contributed by atoms with Gasteiger partial charge in [0.2, 0.25) is 0 Å². The number of hydrogen-bond donors (Lipinski definition) is 2. The number of rotatable bonds is 5. The van der Waals surface area contributed by atoms with E-state index in [2.05, 4.69) is 25.8 Å². The fourth-order valence-corrected chi connectivity index (χ4v) is 3.17. The summed E-state index contributed by atoms with van der Waals surface area (Å²) in [6.45, 7) is 2.90. The van der Waals surface area contributed by atoms with E-state index in [1.807, 2.05) is 24.6 Å². The molecule has 8 heteroatoms. The molecule has 6 nitrogen and oxygen atoms in total. The van der Waals surface area contributed by atoms with Crippen molar-refractivity contribution in [1.82, 2.24) is 25.4 Å². The molecule has 1 aromatic carbocycles. The molecule has 2 aromatic rings. The standard InChI is InChI=1S/C19H27FN6.HI/c1-14-24-25-18(26(14)2)13-22-19(23-17-9-4-3-5-10-17)21-12-15-7-6-8-16(20)11-15;/h6-8,11,17H,3-5,9-10,12-13H2,1-2H3,(H2,21,22,23);1H. The summed E-state index contributed by atoms with van der Waals surface area (Å²) in [6.07, 6.45) is 6.11. The summed E-state index contributed by atoms with van der Waals surface area (Å²) in [5, 5.41) is 15.1. The van der Waals surface area contributed by atoms with Gasteiger partial charge in [0, 0.05) is 13.1 Å². The Morgan fingerprint density at radius 3 is 2.70 bits per heavy atom. The second-order valence-corrected chi connectivity index (χ2v) is 6.85. The van der Waals surface area contributed by atoms with Crippen molar-refractivity contribution >= 4 is 29.9 Å². The quantitative estimate of drug-likeness (QED) is 0.386. The van der Waals surface area contributed by atoms with Gasteiger partial charge in [0.25, 0.3) is 0 Å². The van der Waals surface area contributed by atoms with Crippen molar-refractivity contribution in [2.45, 2.75) is 58.2 Å². The summed E-state index contributed by atoms with van der Waals surface area (Å²) in [7, 11) is 1.95. The molecule has 1 aliphatic rings. The van der Waals surface area contributed by atoms with Gasteiger partial charge in [-0.15, -0.1) is 34.2 Å². The zero-order valence-electron chi connectivity index (χ0n) is 15.9. The molecule has 1 heterocycles. The van der Waals surface area contributed by atoms with Gasteiger partial charge in [-0.25, -0.2) is 9.38 Å². The van der Waals surface area contributed by atoms with Crippen molar-refractivity contribution in [2.24, 2.45) is 12.0 Å². The smallest absolute Gasteiger partial charge is 0.192 e. The molecule has 1 saturated carbocycles. The first-order valence-corrected chi connectivity index (χ1v) is 9.26. The van der Waals surface area contributed by atoms with Crippen LogP contribution in [0.2, 0.25) is 0 Å². The van der Waals surface area contributed by atoms with Gasteiger partial charge >= 0.3 is 0 Å². The van der Waals surface area contributed by atoms with E-state index < -0.39 is 0 Å². The van der Waals surface area contributed by atoms with Crippen LogP contribution in [0.1, 0.15) is 49.3 Å². The van der Waals surface area contributed by atoms with Crippen LogP contribution >= 0.6 is 24.0 Å². The summed E-state index contributed by atoms with van der Waals surface area (Å²) in [5.74, 6) is 2.23. The molecule has 0 bridgehead atoms. The van der Waals surface area contributed by atoms with Crippen LogP contribution in [0.25, 0.3) is 0 Å². The van der Waals surface area contributed by atoms with Crippen molar-refractivity contribution in [2.75, 3.05) is 0 Å². The van der Waals surface area contributed by atoms with Gasteiger partial charge < -0.3 is 15.2 Å². The number of benzene rings is 1. The normalized spacial score (nSPS) is 15.3. The fraction of sp³-hybridized carbons (Fsp3) is 0.526. The van der Waals surface area contributed by atoms with E-state index in [4.69, 9.17) is 0 Å². The molecule has 0 saturated heterocycles. The van der Waals surface area contributed by atoms with Gasteiger partial charge in [-0.3, -0.25) is 0 Å². The third kappa shape index (κ3) is 6.44. The molecule has 1 fully saturated rings. The zero-order valence-corrected chi connectivity index (χ0v) is 18.2. The predicted molar refractivity (Wildman–Crippen MR) is 116 cm³/mol. The maximum Gasteiger partial charge on any atom is 0.192 e. The molecule has 0 aliphatic heterocycles. The van der Waals surface area contributed by atoms with Crippen molar-refractivity contribution in [3.8, 4) is 0 Å². The van der Waals surface area contributed by atoms with Crippen molar-refractivity contribution in [3.63, 3.8) is 0 Å². The minimum Gasteiger partial charge on any atom is -0.354 e. The highest BCUT2D eigenvalue weighted by atomic mass is 127. The maximum absolute atomic E-state index is 13.4. The molecular weight excluding hydrogens is 458 g/mol. The van der Waals surface area contributed by atoms with Gasteiger partial charge in [0.15, 0.2) is 11.8 Å². The van der Waals surface area contributed by atoms with Gasteiger partial charge in [0.05, 0.1) is 13.1 Å².